The van der Waals surface area contributed by atoms with Crippen LogP contribution in [0.4, 0.5) is 0 Å². The first-order chi connectivity index (χ1) is 14.8. The Bertz CT molecular complexity index is 1030. The molecule has 0 saturated carbocycles. The Balaban J connectivity index is 1.44. The second-order valence-electron chi connectivity index (χ2n) is 7.40. The van der Waals surface area contributed by atoms with Crippen LogP contribution in [0.25, 0.3) is 0 Å². The Morgan fingerprint density at radius 3 is 2.61 bits per heavy atom. The molecule has 2 amide bonds. The number of hydrazine groups is 1. The fourth-order valence-electron chi connectivity index (χ4n) is 3.45. The first kappa shape index (κ1) is 23.2. The lowest BCUT2D eigenvalue weighted by molar-refractivity contribution is -0.121. The van der Waals surface area contributed by atoms with Gasteiger partial charge in [0.25, 0.3) is 5.91 Å². The molecule has 2 aromatic rings. The van der Waals surface area contributed by atoms with E-state index in [0.29, 0.717) is 16.5 Å². The minimum absolute atomic E-state index is 0.0778. The van der Waals surface area contributed by atoms with E-state index in [1.54, 1.807) is 12.1 Å². The molecule has 0 bridgehead atoms. The number of amides is 2. The lowest BCUT2D eigenvalue weighted by atomic mass is 9.87. The zero-order valence-electron chi connectivity index (χ0n) is 17.6. The van der Waals surface area contributed by atoms with Gasteiger partial charge in [0.15, 0.2) is 0 Å². The van der Waals surface area contributed by atoms with Gasteiger partial charge in [0.05, 0.1) is 16.9 Å². The summed E-state index contributed by atoms with van der Waals surface area (Å²) in [6.45, 7) is 2.09. The number of aryl methyl sites for hydroxylation is 1. The van der Waals surface area contributed by atoms with E-state index in [1.807, 2.05) is 6.07 Å². The zero-order chi connectivity index (χ0) is 22.4. The second-order valence-corrected chi connectivity index (χ2v) is 10.3. The van der Waals surface area contributed by atoms with Gasteiger partial charge < -0.3 is 4.74 Å². The molecule has 0 saturated heterocycles. The molecule has 1 heterocycles. The summed E-state index contributed by atoms with van der Waals surface area (Å²) in [7, 11) is -2.24. The molecule has 8 nitrogen and oxygen atoms in total. The average Bonchev–Trinajstić information content (AvgIpc) is 3.20. The highest BCUT2D eigenvalue weighted by Gasteiger charge is 2.22. The number of hydrogen-bond acceptors (Lipinski definition) is 6. The van der Waals surface area contributed by atoms with Crippen LogP contribution in [-0.2, 0) is 27.7 Å². The number of benzene rings is 1. The fraction of sp³-hybridized carbons (Fsp3) is 0.429. The van der Waals surface area contributed by atoms with Crippen LogP contribution in [0, 0.1) is 5.92 Å². The van der Waals surface area contributed by atoms with Gasteiger partial charge in [-0.15, -0.1) is 11.3 Å². The Kier molecular flexibility index (Phi) is 7.69. The third-order valence-electron chi connectivity index (χ3n) is 5.32. The number of ether oxygens (including phenoxy) is 1. The molecule has 1 aromatic carbocycles. The summed E-state index contributed by atoms with van der Waals surface area (Å²) in [4.78, 5) is 26.2. The van der Waals surface area contributed by atoms with Crippen molar-refractivity contribution in [2.75, 3.05) is 13.7 Å². The minimum atomic E-state index is -3.74. The van der Waals surface area contributed by atoms with Gasteiger partial charge in [-0.1, -0.05) is 13.3 Å². The van der Waals surface area contributed by atoms with Gasteiger partial charge in [0, 0.05) is 17.8 Å². The number of hydrogen-bond donors (Lipinski definition) is 3. The van der Waals surface area contributed by atoms with E-state index in [0.717, 1.165) is 25.7 Å². The number of methoxy groups -OCH3 is 1. The number of nitrogens with one attached hydrogen (secondary N) is 3. The average molecular weight is 466 g/mol. The predicted molar refractivity (Wildman–Crippen MR) is 119 cm³/mol. The molecule has 31 heavy (non-hydrogen) atoms. The van der Waals surface area contributed by atoms with Crippen LogP contribution in [-0.4, -0.2) is 33.9 Å². The molecule has 10 heteroatoms. The van der Waals surface area contributed by atoms with Crippen molar-refractivity contribution in [2.24, 2.45) is 5.92 Å². The summed E-state index contributed by atoms with van der Waals surface area (Å²) in [6.07, 6.45) is 4.15. The number of carbonyl (C=O) groups is 2. The number of thiophene rings is 1. The third-order valence-corrected chi connectivity index (χ3v) is 8.03. The van der Waals surface area contributed by atoms with Crippen LogP contribution < -0.4 is 20.3 Å². The summed E-state index contributed by atoms with van der Waals surface area (Å²) in [5, 5.41) is 0. The number of sulfonamides is 1. The molecule has 1 aliphatic rings. The van der Waals surface area contributed by atoms with Crippen LogP contribution in [0.15, 0.2) is 35.2 Å². The summed E-state index contributed by atoms with van der Waals surface area (Å²) >= 11 is 1.47. The van der Waals surface area contributed by atoms with E-state index in [9.17, 15) is 18.0 Å². The molecule has 0 aliphatic heterocycles. The van der Waals surface area contributed by atoms with Crippen LogP contribution >= 0.6 is 11.3 Å². The number of carbonyl (C=O) groups excluding carboxylic acids is 2. The molecule has 168 valence electrons. The predicted octanol–water partition coefficient (Wildman–Crippen LogP) is 2.40. The van der Waals surface area contributed by atoms with Crippen molar-refractivity contribution in [2.45, 2.75) is 43.9 Å². The molecular formula is C21H27N3O5S2. The molecule has 0 spiro atoms. The molecule has 3 N–H and O–H groups in total. The van der Waals surface area contributed by atoms with Crippen molar-refractivity contribution in [3.8, 4) is 5.75 Å². The fourth-order valence-corrected chi connectivity index (χ4v) is 5.58. The van der Waals surface area contributed by atoms with Gasteiger partial charge in [-0.25, -0.2) is 13.1 Å². The minimum Gasteiger partial charge on any atom is -0.497 e. The van der Waals surface area contributed by atoms with Crippen LogP contribution in [0.2, 0.25) is 0 Å². The Morgan fingerprint density at radius 1 is 1.19 bits per heavy atom. The number of rotatable bonds is 8. The maximum Gasteiger partial charge on any atom is 0.279 e. The van der Waals surface area contributed by atoms with Crippen molar-refractivity contribution in [3.05, 3.63) is 45.6 Å². The Hall–Kier alpha value is -2.43. The van der Waals surface area contributed by atoms with Crippen LogP contribution in [0.3, 0.4) is 0 Å². The Labute approximate surface area is 186 Å². The highest BCUT2D eigenvalue weighted by Crippen LogP contribution is 2.33. The first-order valence-electron chi connectivity index (χ1n) is 10.2. The van der Waals surface area contributed by atoms with Gasteiger partial charge in [-0.3, -0.25) is 20.4 Å². The summed E-state index contributed by atoms with van der Waals surface area (Å²) < 4.78 is 31.9. The summed E-state index contributed by atoms with van der Waals surface area (Å²) in [5.41, 5.74) is 5.97. The lowest BCUT2D eigenvalue weighted by Gasteiger charge is -2.19. The lowest BCUT2D eigenvalue weighted by Crippen LogP contribution is -2.42. The van der Waals surface area contributed by atoms with Crippen molar-refractivity contribution in [3.63, 3.8) is 0 Å². The van der Waals surface area contributed by atoms with Gasteiger partial charge in [-0.05, 0) is 61.1 Å². The highest BCUT2D eigenvalue weighted by atomic mass is 32.2. The van der Waals surface area contributed by atoms with Gasteiger partial charge in [-0.2, -0.15) is 0 Å². The van der Waals surface area contributed by atoms with E-state index in [1.165, 1.54) is 41.0 Å². The Morgan fingerprint density at radius 2 is 1.94 bits per heavy atom. The molecule has 0 fully saturated rings. The molecule has 1 aliphatic carbocycles. The van der Waals surface area contributed by atoms with Gasteiger partial charge in [0.2, 0.25) is 15.9 Å². The van der Waals surface area contributed by atoms with E-state index in [-0.39, 0.29) is 23.8 Å². The van der Waals surface area contributed by atoms with Crippen molar-refractivity contribution in [1.29, 1.82) is 0 Å². The van der Waals surface area contributed by atoms with Gasteiger partial charge in [0.1, 0.15) is 5.75 Å². The maximum atomic E-state index is 12.4. The van der Waals surface area contributed by atoms with E-state index in [4.69, 9.17) is 4.74 Å². The maximum absolute atomic E-state index is 12.4. The van der Waals surface area contributed by atoms with E-state index < -0.39 is 15.9 Å². The van der Waals surface area contributed by atoms with Crippen molar-refractivity contribution in [1.82, 2.24) is 15.6 Å². The van der Waals surface area contributed by atoms with Crippen molar-refractivity contribution >= 4 is 33.2 Å². The van der Waals surface area contributed by atoms with Crippen molar-refractivity contribution < 1.29 is 22.7 Å². The highest BCUT2D eigenvalue weighted by molar-refractivity contribution is 7.89. The zero-order valence-corrected chi connectivity index (χ0v) is 19.2. The number of fused-ring (bicyclic) bond motifs is 1. The topological polar surface area (TPSA) is 114 Å². The standard InChI is InChI=1S/C21H27N3O5S2/c1-3-14-4-9-18-15(12-14)13-19(30-18)21(26)24-23-20(25)10-11-22-31(27,28)17-7-5-16(29-2)6-8-17/h5-8,13-14,22H,3-4,9-12H2,1-2H3,(H,23,25)(H,24,26). The first-order valence-corrected chi connectivity index (χ1v) is 12.5. The largest absolute Gasteiger partial charge is 0.497 e. The molecule has 0 radical (unpaired) electrons. The molecule has 1 aromatic heterocycles. The summed E-state index contributed by atoms with van der Waals surface area (Å²) in [6, 6.07) is 7.84. The molecule has 3 rings (SSSR count). The smallest absolute Gasteiger partial charge is 0.279 e. The third kappa shape index (κ3) is 6.05. The van der Waals surface area contributed by atoms with E-state index in [2.05, 4.69) is 22.5 Å². The molecule has 1 atom stereocenters. The van der Waals surface area contributed by atoms with Crippen LogP contribution in [0.1, 0.15) is 46.3 Å². The van der Waals surface area contributed by atoms with Crippen LogP contribution in [0.5, 0.6) is 5.75 Å². The normalized spacial score (nSPS) is 15.7. The monoisotopic (exact) mass is 465 g/mol. The SMILES string of the molecule is CCC1CCc2sc(C(=O)NNC(=O)CCNS(=O)(=O)c3ccc(OC)cc3)cc2C1. The van der Waals surface area contributed by atoms with E-state index >= 15 is 0 Å². The van der Waals surface area contributed by atoms with Gasteiger partial charge >= 0.3 is 0 Å². The second kappa shape index (κ2) is 10.3. The molecular weight excluding hydrogens is 438 g/mol. The quantitative estimate of drug-likeness (QED) is 0.518. The molecule has 1 unspecified atom stereocenters. The summed E-state index contributed by atoms with van der Waals surface area (Å²) in [5.74, 6) is 0.364.